The largest absolute Gasteiger partial charge is 0.462 e. The predicted molar refractivity (Wildman–Crippen MR) is 242 cm³/mol. The molecule has 4 fully saturated rings. The summed E-state index contributed by atoms with van der Waals surface area (Å²) >= 11 is 6.23. The van der Waals surface area contributed by atoms with E-state index in [1.807, 2.05) is 32.9 Å². The van der Waals surface area contributed by atoms with Crippen LogP contribution in [0.4, 0.5) is 4.79 Å². The van der Waals surface area contributed by atoms with Crippen LogP contribution in [0.25, 0.3) is 0 Å². The summed E-state index contributed by atoms with van der Waals surface area (Å²) in [6.45, 7) is 30.5. The van der Waals surface area contributed by atoms with Crippen molar-refractivity contribution in [3.63, 3.8) is 0 Å². The molecule has 5 aliphatic carbocycles. The standard InChI is InChI=1S/C52H76ClNO8/c1-31(2)40-35(55)28-52(42(57)54(44(59)62-46(6,7)8)30-32-16-18-33(53)19-17-32)27-26-50(14)34(41(40)52)20-21-37-49(13)24-23-38(48(11,12)36(49)22-25-51(37,50)15)60-39(56)29-47(9,10)43(58)61-45(3,4)5/h16-19,31,34,36-38H,20-30H2,1-15H3/t34-,36+,37-,38+,49+,50-,51-,52-/m1/s1. The van der Waals surface area contributed by atoms with E-state index >= 15 is 4.79 Å². The molecule has 0 unspecified atom stereocenters. The molecular formula is C52H76ClNO8. The third kappa shape index (κ3) is 8.32. The lowest BCUT2D eigenvalue weighted by molar-refractivity contribution is -0.233. The van der Waals surface area contributed by atoms with Gasteiger partial charge in [0.25, 0.3) is 0 Å². The van der Waals surface area contributed by atoms with E-state index in [0.717, 1.165) is 61.7 Å². The number of allylic oxidation sites excluding steroid dienone is 1. The second-order valence-electron chi connectivity index (χ2n) is 24.2. The maximum Gasteiger partial charge on any atom is 0.417 e. The van der Waals surface area contributed by atoms with Crippen LogP contribution in [0.3, 0.4) is 0 Å². The van der Waals surface area contributed by atoms with Crippen LogP contribution in [0.2, 0.25) is 5.02 Å². The monoisotopic (exact) mass is 878 g/mol. The average Bonchev–Trinajstić information content (AvgIpc) is 3.44. The zero-order valence-corrected chi connectivity index (χ0v) is 41.3. The van der Waals surface area contributed by atoms with Gasteiger partial charge in [-0.2, -0.15) is 0 Å². The minimum atomic E-state index is -1.13. The van der Waals surface area contributed by atoms with Gasteiger partial charge in [0.05, 0.1) is 23.8 Å². The normalized spacial score (nSPS) is 33.1. The Bertz CT molecular complexity index is 2000. The Morgan fingerprint density at radius 1 is 0.774 bits per heavy atom. The molecule has 0 saturated heterocycles. The number of imide groups is 1. The molecule has 0 spiro atoms. The van der Waals surface area contributed by atoms with Crippen molar-refractivity contribution in [1.82, 2.24) is 4.90 Å². The SMILES string of the molecule is CC(C)C1=C2[C@H]3CC[C@@H]4[C@@]5(C)CC[C@H](OC(=O)CC(C)(C)C(=O)OC(C)(C)C)C(C)(C)[C@@H]5CC[C@@]4(C)[C@]3(C)CC[C@@]2(C(=O)N(Cc2ccc(Cl)cc2)C(=O)OC(C)(C)C)CC1=O. The molecule has 6 rings (SSSR count). The zero-order valence-electron chi connectivity index (χ0n) is 40.6. The number of nitrogens with zero attached hydrogens (tertiary/aromatic N) is 1. The van der Waals surface area contributed by atoms with Crippen molar-refractivity contribution >= 4 is 41.3 Å². The molecule has 0 N–H and O–H groups in total. The van der Waals surface area contributed by atoms with Crippen molar-refractivity contribution in [2.45, 2.75) is 192 Å². The number of carbonyl (C=O) groups excluding carboxylic acids is 5. The van der Waals surface area contributed by atoms with Crippen molar-refractivity contribution in [3.8, 4) is 0 Å². The van der Waals surface area contributed by atoms with Crippen molar-refractivity contribution in [1.29, 1.82) is 0 Å². The van der Waals surface area contributed by atoms with Crippen LogP contribution in [0.5, 0.6) is 0 Å². The van der Waals surface area contributed by atoms with Crippen LogP contribution in [0.15, 0.2) is 35.4 Å². The molecule has 1 aromatic carbocycles. The van der Waals surface area contributed by atoms with E-state index in [9.17, 15) is 19.2 Å². The number of amides is 2. The fraction of sp³-hybridized carbons (Fsp3) is 0.750. The Labute approximate surface area is 377 Å². The molecule has 0 aromatic heterocycles. The first kappa shape index (κ1) is 48.3. The van der Waals surface area contributed by atoms with E-state index in [4.69, 9.17) is 25.8 Å². The lowest BCUT2D eigenvalue weighted by Crippen LogP contribution is -2.66. The van der Waals surface area contributed by atoms with Gasteiger partial charge in [0.1, 0.15) is 17.3 Å². The first-order valence-electron chi connectivity index (χ1n) is 23.3. The molecule has 10 heteroatoms. The lowest BCUT2D eigenvalue weighted by atomic mass is 9.33. The number of fused-ring (bicyclic) bond motifs is 7. The summed E-state index contributed by atoms with van der Waals surface area (Å²) in [7, 11) is 0. The summed E-state index contributed by atoms with van der Waals surface area (Å²) in [5.74, 6) is -0.484. The van der Waals surface area contributed by atoms with Gasteiger partial charge < -0.3 is 14.2 Å². The fourth-order valence-corrected chi connectivity index (χ4v) is 13.8. The van der Waals surface area contributed by atoms with Crippen molar-refractivity contribution < 1.29 is 38.2 Å². The molecule has 0 heterocycles. The van der Waals surface area contributed by atoms with Gasteiger partial charge in [-0.25, -0.2) is 9.69 Å². The van der Waals surface area contributed by atoms with E-state index in [1.165, 1.54) is 4.90 Å². The van der Waals surface area contributed by atoms with Gasteiger partial charge in [-0.1, -0.05) is 72.2 Å². The Morgan fingerprint density at radius 3 is 1.97 bits per heavy atom. The molecule has 1 aromatic rings. The van der Waals surface area contributed by atoms with E-state index in [0.29, 0.717) is 23.3 Å². The van der Waals surface area contributed by atoms with Gasteiger partial charge in [-0.05, 0) is 176 Å². The summed E-state index contributed by atoms with van der Waals surface area (Å²) in [5.41, 5.74) is -1.74. The van der Waals surface area contributed by atoms with Crippen LogP contribution >= 0.6 is 11.6 Å². The molecule has 0 radical (unpaired) electrons. The number of hydrogen-bond acceptors (Lipinski definition) is 8. The second-order valence-corrected chi connectivity index (χ2v) is 24.6. The third-order valence-electron chi connectivity index (χ3n) is 16.7. The highest BCUT2D eigenvalue weighted by atomic mass is 35.5. The quantitative estimate of drug-likeness (QED) is 0.187. The van der Waals surface area contributed by atoms with E-state index < -0.39 is 34.1 Å². The second kappa shape index (κ2) is 16.0. The average molecular weight is 879 g/mol. The first-order valence-corrected chi connectivity index (χ1v) is 23.7. The Kier molecular flexibility index (Phi) is 12.5. The smallest absolute Gasteiger partial charge is 0.417 e. The van der Waals surface area contributed by atoms with E-state index in [2.05, 4.69) is 48.5 Å². The summed E-state index contributed by atoms with van der Waals surface area (Å²) in [4.78, 5) is 71.9. The van der Waals surface area contributed by atoms with E-state index in [1.54, 1.807) is 46.8 Å². The molecule has 2 amide bonds. The van der Waals surface area contributed by atoms with E-state index in [-0.39, 0.29) is 76.6 Å². The first-order chi connectivity index (χ1) is 28.3. The third-order valence-corrected chi connectivity index (χ3v) is 17.0. The number of esters is 2. The van der Waals surface area contributed by atoms with Crippen molar-refractivity contribution in [3.05, 3.63) is 46.0 Å². The number of ether oxygens (including phenoxy) is 3. The number of ketones is 1. The number of rotatable bonds is 8. The van der Waals surface area contributed by atoms with Gasteiger partial charge in [-0.15, -0.1) is 0 Å². The minimum Gasteiger partial charge on any atom is -0.462 e. The maximum atomic E-state index is 15.5. The highest BCUT2D eigenvalue weighted by Crippen LogP contribution is 2.77. The highest BCUT2D eigenvalue weighted by molar-refractivity contribution is 6.30. The van der Waals surface area contributed by atoms with Gasteiger partial charge in [-0.3, -0.25) is 19.2 Å². The van der Waals surface area contributed by atoms with Gasteiger partial charge in [0, 0.05) is 16.9 Å². The summed E-state index contributed by atoms with van der Waals surface area (Å²) in [6.07, 6.45) is 5.74. The summed E-state index contributed by atoms with van der Waals surface area (Å²) in [5, 5.41) is 0.561. The number of hydrogen-bond donors (Lipinski definition) is 0. The van der Waals surface area contributed by atoms with Crippen LogP contribution in [-0.2, 0) is 39.9 Å². The summed E-state index contributed by atoms with van der Waals surface area (Å²) in [6, 6.07) is 7.16. The molecule has 0 aliphatic heterocycles. The Balaban J connectivity index is 1.30. The van der Waals surface area contributed by atoms with Crippen LogP contribution in [0, 0.1) is 56.2 Å². The molecule has 344 valence electrons. The molecule has 8 atom stereocenters. The Morgan fingerprint density at radius 2 is 1.39 bits per heavy atom. The molecule has 0 bridgehead atoms. The van der Waals surface area contributed by atoms with Crippen molar-refractivity contribution in [2.24, 2.45) is 56.2 Å². The van der Waals surface area contributed by atoms with Gasteiger partial charge in [0.15, 0.2) is 5.78 Å². The highest BCUT2D eigenvalue weighted by Gasteiger charge is 2.71. The topological polar surface area (TPSA) is 116 Å². The number of carbonyl (C=O) groups is 5. The van der Waals surface area contributed by atoms with Crippen molar-refractivity contribution in [2.75, 3.05) is 0 Å². The van der Waals surface area contributed by atoms with Crippen LogP contribution < -0.4 is 0 Å². The summed E-state index contributed by atoms with van der Waals surface area (Å²) < 4.78 is 17.9. The lowest BCUT2D eigenvalue weighted by Gasteiger charge is -2.72. The van der Waals surface area contributed by atoms with Crippen LogP contribution in [0.1, 0.15) is 174 Å². The minimum absolute atomic E-state index is 0.0000926. The molecule has 9 nitrogen and oxygen atoms in total. The molecule has 4 saturated carbocycles. The van der Waals surface area contributed by atoms with Gasteiger partial charge in [0.2, 0.25) is 5.91 Å². The number of Topliss-reactive ketones (excluding diaryl/α,β-unsaturated/α-hetero) is 1. The maximum absolute atomic E-state index is 15.5. The number of benzene rings is 1. The van der Waals surface area contributed by atoms with Crippen LogP contribution in [-0.4, -0.2) is 51.9 Å². The molecular weight excluding hydrogens is 802 g/mol. The Hall–Kier alpha value is -3.20. The zero-order chi connectivity index (χ0) is 46.4. The molecule has 5 aliphatic rings. The predicted octanol–water partition coefficient (Wildman–Crippen LogP) is 12.3. The fourth-order valence-electron chi connectivity index (χ4n) is 13.7. The molecule has 62 heavy (non-hydrogen) atoms. The number of halogens is 1. The van der Waals surface area contributed by atoms with Gasteiger partial charge >= 0.3 is 18.0 Å².